The Kier molecular flexibility index (Phi) is 3.84. The molecule has 20 heavy (non-hydrogen) atoms. The van der Waals surface area contributed by atoms with Crippen molar-refractivity contribution in [2.24, 2.45) is 0 Å². The molecule has 3 heterocycles. The van der Waals surface area contributed by atoms with Gasteiger partial charge in [-0.05, 0) is 24.6 Å². The average molecular weight is 290 g/mol. The molecule has 1 N–H and O–H groups in total. The Balaban J connectivity index is 1.70. The lowest BCUT2D eigenvalue weighted by Crippen LogP contribution is -2.46. The third kappa shape index (κ3) is 2.76. The smallest absolute Gasteiger partial charge is 0.185 e. The first-order valence-electron chi connectivity index (χ1n) is 6.74. The van der Waals surface area contributed by atoms with Crippen molar-refractivity contribution in [1.82, 2.24) is 9.97 Å². The largest absolute Gasteiger partial charge is 0.392 e. The van der Waals surface area contributed by atoms with Crippen LogP contribution in [0.5, 0.6) is 0 Å². The molecule has 1 aliphatic rings. The number of piperazine rings is 1. The van der Waals surface area contributed by atoms with Crippen LogP contribution in [0.15, 0.2) is 23.7 Å². The Morgan fingerprint density at radius 1 is 1.20 bits per heavy atom. The molecule has 3 rings (SSSR count). The van der Waals surface area contributed by atoms with E-state index in [0.29, 0.717) is 0 Å². The van der Waals surface area contributed by atoms with E-state index in [1.165, 1.54) is 0 Å². The molecule has 6 heteroatoms. The fourth-order valence-electron chi connectivity index (χ4n) is 2.47. The maximum Gasteiger partial charge on any atom is 0.185 e. The van der Waals surface area contributed by atoms with E-state index in [1.807, 2.05) is 30.6 Å². The van der Waals surface area contributed by atoms with Gasteiger partial charge < -0.3 is 14.9 Å². The van der Waals surface area contributed by atoms with Crippen LogP contribution < -0.4 is 9.80 Å². The Bertz CT molecular complexity index is 565. The van der Waals surface area contributed by atoms with Gasteiger partial charge in [0.1, 0.15) is 5.82 Å². The number of hydrogen-bond donors (Lipinski definition) is 1. The summed E-state index contributed by atoms with van der Waals surface area (Å²) in [6.07, 6.45) is 1.85. The van der Waals surface area contributed by atoms with Gasteiger partial charge in [-0.1, -0.05) is 0 Å². The van der Waals surface area contributed by atoms with E-state index < -0.39 is 0 Å². The Morgan fingerprint density at radius 3 is 2.60 bits per heavy atom. The van der Waals surface area contributed by atoms with Gasteiger partial charge in [0.25, 0.3) is 0 Å². The highest BCUT2D eigenvalue weighted by Gasteiger charge is 2.20. The third-order valence-electron chi connectivity index (χ3n) is 3.48. The number of nitrogens with zero attached hydrogens (tertiary/aromatic N) is 4. The lowest BCUT2D eigenvalue weighted by molar-refractivity contribution is 0.281. The van der Waals surface area contributed by atoms with Crippen LogP contribution in [0.4, 0.5) is 10.9 Å². The lowest BCUT2D eigenvalue weighted by Gasteiger charge is -2.35. The molecule has 1 fully saturated rings. The number of anilines is 2. The van der Waals surface area contributed by atoms with Crippen molar-refractivity contribution >= 4 is 22.3 Å². The zero-order chi connectivity index (χ0) is 13.9. The minimum absolute atomic E-state index is 0.0649. The van der Waals surface area contributed by atoms with E-state index in [2.05, 4.69) is 19.8 Å². The van der Waals surface area contributed by atoms with Crippen molar-refractivity contribution in [3.63, 3.8) is 0 Å². The number of rotatable bonds is 3. The molecular formula is C14H18N4OS. The molecule has 1 saturated heterocycles. The van der Waals surface area contributed by atoms with Gasteiger partial charge in [-0.25, -0.2) is 9.97 Å². The van der Waals surface area contributed by atoms with E-state index in [9.17, 15) is 5.11 Å². The minimum Gasteiger partial charge on any atom is -0.392 e. The van der Waals surface area contributed by atoms with E-state index in [1.54, 1.807) is 11.3 Å². The Hall–Kier alpha value is -1.66. The number of aromatic nitrogens is 2. The maximum absolute atomic E-state index is 9.29. The van der Waals surface area contributed by atoms with Gasteiger partial charge >= 0.3 is 0 Å². The first-order valence-corrected chi connectivity index (χ1v) is 7.62. The standard InChI is InChI=1S/C14H18N4OS/c1-11-8-12(10-19)9-13(16-11)17-3-5-18(6-4-17)14-15-2-7-20-14/h2,7-9,19H,3-6,10H2,1H3. The molecule has 2 aromatic heterocycles. The number of pyridine rings is 1. The predicted molar refractivity (Wildman–Crippen MR) is 81.4 cm³/mol. The van der Waals surface area contributed by atoms with Crippen LogP contribution in [-0.4, -0.2) is 41.3 Å². The molecule has 0 spiro atoms. The number of aliphatic hydroxyl groups excluding tert-OH is 1. The number of thiazole rings is 1. The normalized spacial score (nSPS) is 15.7. The molecule has 0 radical (unpaired) electrons. The number of hydrogen-bond acceptors (Lipinski definition) is 6. The Morgan fingerprint density at radius 2 is 1.95 bits per heavy atom. The highest BCUT2D eigenvalue weighted by atomic mass is 32.1. The number of aliphatic hydroxyl groups is 1. The topological polar surface area (TPSA) is 52.5 Å². The minimum atomic E-state index is 0.0649. The fourth-order valence-corrected chi connectivity index (χ4v) is 3.17. The van der Waals surface area contributed by atoms with Crippen LogP contribution in [0.2, 0.25) is 0 Å². The third-order valence-corrected chi connectivity index (χ3v) is 4.31. The van der Waals surface area contributed by atoms with Crippen LogP contribution in [0, 0.1) is 6.92 Å². The highest BCUT2D eigenvalue weighted by molar-refractivity contribution is 7.13. The van der Waals surface area contributed by atoms with Crippen LogP contribution in [0.1, 0.15) is 11.3 Å². The summed E-state index contributed by atoms with van der Waals surface area (Å²) >= 11 is 1.68. The molecule has 0 aliphatic carbocycles. The summed E-state index contributed by atoms with van der Waals surface area (Å²) in [7, 11) is 0. The predicted octanol–water partition coefficient (Wildman–Crippen LogP) is 1.67. The van der Waals surface area contributed by atoms with Crippen molar-refractivity contribution in [3.05, 3.63) is 35.0 Å². The van der Waals surface area contributed by atoms with Gasteiger partial charge in [0.2, 0.25) is 0 Å². The maximum atomic E-state index is 9.29. The van der Waals surface area contributed by atoms with E-state index in [-0.39, 0.29) is 6.61 Å². The second-order valence-electron chi connectivity index (χ2n) is 4.92. The van der Waals surface area contributed by atoms with Crippen LogP contribution in [-0.2, 0) is 6.61 Å². The molecule has 2 aromatic rings. The summed E-state index contributed by atoms with van der Waals surface area (Å²) in [5.74, 6) is 0.966. The van der Waals surface area contributed by atoms with Gasteiger partial charge in [-0.15, -0.1) is 11.3 Å². The zero-order valence-electron chi connectivity index (χ0n) is 11.5. The molecule has 106 valence electrons. The first-order chi connectivity index (χ1) is 9.76. The summed E-state index contributed by atoms with van der Waals surface area (Å²) in [4.78, 5) is 13.5. The van der Waals surface area contributed by atoms with Crippen molar-refractivity contribution in [1.29, 1.82) is 0 Å². The second kappa shape index (κ2) is 5.76. The van der Waals surface area contributed by atoms with Crippen LogP contribution in [0.25, 0.3) is 0 Å². The molecule has 0 bridgehead atoms. The SMILES string of the molecule is Cc1cc(CO)cc(N2CCN(c3nccs3)CC2)n1. The van der Waals surface area contributed by atoms with Gasteiger partial charge in [0.05, 0.1) is 6.61 Å². The average Bonchev–Trinajstić information content (AvgIpc) is 3.01. The van der Waals surface area contributed by atoms with Crippen molar-refractivity contribution < 1.29 is 5.11 Å². The number of aryl methyl sites for hydroxylation is 1. The van der Waals surface area contributed by atoms with E-state index in [4.69, 9.17) is 0 Å². The summed E-state index contributed by atoms with van der Waals surface area (Å²) in [6.45, 7) is 5.81. The van der Waals surface area contributed by atoms with Gasteiger partial charge in [0.15, 0.2) is 5.13 Å². The van der Waals surface area contributed by atoms with Gasteiger partial charge in [-0.2, -0.15) is 0 Å². The van der Waals surface area contributed by atoms with E-state index >= 15 is 0 Å². The molecule has 5 nitrogen and oxygen atoms in total. The molecule has 0 atom stereocenters. The zero-order valence-corrected chi connectivity index (χ0v) is 12.3. The molecule has 1 aliphatic heterocycles. The van der Waals surface area contributed by atoms with Crippen molar-refractivity contribution in [3.8, 4) is 0 Å². The fraction of sp³-hybridized carbons (Fsp3) is 0.429. The van der Waals surface area contributed by atoms with Gasteiger partial charge in [0, 0.05) is 43.4 Å². The summed E-state index contributed by atoms with van der Waals surface area (Å²) in [5.41, 5.74) is 1.88. The van der Waals surface area contributed by atoms with Crippen molar-refractivity contribution in [2.75, 3.05) is 36.0 Å². The first kappa shape index (κ1) is 13.3. The summed E-state index contributed by atoms with van der Waals surface area (Å²) in [5, 5.41) is 12.4. The quantitative estimate of drug-likeness (QED) is 0.932. The molecule has 0 amide bonds. The lowest BCUT2D eigenvalue weighted by atomic mass is 10.2. The Labute approximate surface area is 122 Å². The highest BCUT2D eigenvalue weighted by Crippen LogP contribution is 2.22. The van der Waals surface area contributed by atoms with Crippen LogP contribution >= 0.6 is 11.3 Å². The van der Waals surface area contributed by atoms with E-state index in [0.717, 1.165) is 48.4 Å². The molecule has 0 unspecified atom stereocenters. The second-order valence-corrected chi connectivity index (χ2v) is 5.79. The monoisotopic (exact) mass is 290 g/mol. The van der Waals surface area contributed by atoms with Gasteiger partial charge in [-0.3, -0.25) is 0 Å². The molecule has 0 aromatic carbocycles. The van der Waals surface area contributed by atoms with Crippen LogP contribution in [0.3, 0.4) is 0 Å². The molecular weight excluding hydrogens is 272 g/mol. The summed E-state index contributed by atoms with van der Waals surface area (Å²) < 4.78 is 0. The van der Waals surface area contributed by atoms with Crippen molar-refractivity contribution in [2.45, 2.75) is 13.5 Å². The summed E-state index contributed by atoms with van der Waals surface area (Å²) in [6, 6.07) is 3.90. The molecule has 0 saturated carbocycles.